The van der Waals surface area contributed by atoms with Crippen LogP contribution in [-0.2, 0) is 18.9 Å². The van der Waals surface area contributed by atoms with Crippen LogP contribution >= 0.6 is 0 Å². The maximum Gasteiger partial charge on any atom is 0.246 e. The minimum Gasteiger partial charge on any atom is -0.463 e. The predicted octanol–water partition coefficient (Wildman–Crippen LogP) is 2.67. The number of ether oxygens (including phenoxy) is 4. The van der Waals surface area contributed by atoms with Gasteiger partial charge in [0.05, 0.1) is 31.5 Å². The van der Waals surface area contributed by atoms with Gasteiger partial charge in [-0.1, -0.05) is 26.3 Å². The maximum absolute atomic E-state index is 5.05. The molecule has 0 rings (SSSR count). The van der Waals surface area contributed by atoms with E-state index in [9.17, 15) is 0 Å². The molecule has 0 atom stereocenters. The summed E-state index contributed by atoms with van der Waals surface area (Å²) in [5.41, 5.74) is 0. The van der Waals surface area contributed by atoms with Gasteiger partial charge in [0.1, 0.15) is 0 Å². The first kappa shape index (κ1) is 13.2. The zero-order valence-electron chi connectivity index (χ0n) is 8.63. The molecule has 0 aromatic heterocycles. The third kappa shape index (κ3) is 6.26. The molecule has 0 aromatic carbocycles. The number of rotatable bonds is 10. The molecular weight excluding hydrogens is 196 g/mol. The average molecular weight is 212 g/mol. The number of hydrogen-bond acceptors (Lipinski definition) is 4. The van der Waals surface area contributed by atoms with Crippen molar-refractivity contribution in [3.05, 3.63) is 51.4 Å². The summed E-state index contributed by atoms with van der Waals surface area (Å²) >= 11 is 0. The van der Waals surface area contributed by atoms with Gasteiger partial charge in [-0.05, 0) is 0 Å². The van der Waals surface area contributed by atoms with E-state index < -0.39 is 12.6 Å². The van der Waals surface area contributed by atoms with Gasteiger partial charge in [-0.15, -0.1) is 0 Å². The van der Waals surface area contributed by atoms with E-state index in [1.165, 1.54) is 25.0 Å². The lowest BCUT2D eigenvalue weighted by molar-refractivity contribution is -0.142. The molecule has 0 aliphatic carbocycles. The highest BCUT2D eigenvalue weighted by atomic mass is 16.7. The Hall–Kier alpha value is -1.84. The third-order valence-electron chi connectivity index (χ3n) is 1.38. The summed E-state index contributed by atoms with van der Waals surface area (Å²) in [4.78, 5) is 0. The molecule has 0 heterocycles. The van der Waals surface area contributed by atoms with Gasteiger partial charge >= 0.3 is 0 Å². The first-order chi connectivity index (χ1) is 7.28. The first-order valence-corrected chi connectivity index (χ1v) is 4.34. The summed E-state index contributed by atoms with van der Waals surface area (Å²) in [7, 11) is 0. The summed E-state index contributed by atoms with van der Waals surface area (Å²) in [6, 6.07) is 0. The molecule has 0 aliphatic rings. The maximum atomic E-state index is 5.05. The first-order valence-electron chi connectivity index (χ1n) is 4.34. The standard InChI is InChI=1S/C11H16O4/c1-5-12-10(13-6-2)9-11(14-7-3)15-8-4/h5-8,10-11H,1-4,9H2. The lowest BCUT2D eigenvalue weighted by Gasteiger charge is -2.21. The highest BCUT2D eigenvalue weighted by Gasteiger charge is 2.17. The molecule has 0 fully saturated rings. The lowest BCUT2D eigenvalue weighted by Crippen LogP contribution is -2.23. The Morgan fingerprint density at radius 1 is 0.667 bits per heavy atom. The molecule has 0 saturated carbocycles. The zero-order valence-corrected chi connectivity index (χ0v) is 8.63. The SMILES string of the molecule is C=COC(CC(OC=C)OC=C)OC=C. The van der Waals surface area contributed by atoms with Crippen molar-refractivity contribution < 1.29 is 18.9 Å². The van der Waals surface area contributed by atoms with Crippen LogP contribution in [0.25, 0.3) is 0 Å². The predicted molar refractivity (Wildman–Crippen MR) is 57.3 cm³/mol. The molecule has 4 heteroatoms. The Labute approximate surface area is 90.1 Å². The molecule has 0 spiro atoms. The normalized spacial score (nSPS) is 9.20. The largest absolute Gasteiger partial charge is 0.463 e. The second-order valence-corrected chi connectivity index (χ2v) is 2.31. The number of hydrogen-bond donors (Lipinski definition) is 0. The van der Waals surface area contributed by atoms with Crippen molar-refractivity contribution in [3.63, 3.8) is 0 Å². The van der Waals surface area contributed by atoms with Gasteiger partial charge < -0.3 is 18.9 Å². The summed E-state index contributed by atoms with van der Waals surface area (Å²) < 4.78 is 20.2. The summed E-state index contributed by atoms with van der Waals surface area (Å²) in [6.07, 6.45) is 4.28. The van der Waals surface area contributed by atoms with Crippen LogP contribution in [0.3, 0.4) is 0 Å². The van der Waals surface area contributed by atoms with Gasteiger partial charge in [-0.3, -0.25) is 0 Å². The van der Waals surface area contributed by atoms with E-state index in [1.54, 1.807) is 0 Å². The highest BCUT2D eigenvalue weighted by molar-refractivity contribution is 4.65. The molecule has 0 N–H and O–H groups in total. The van der Waals surface area contributed by atoms with Crippen LogP contribution in [0.5, 0.6) is 0 Å². The molecule has 0 aliphatic heterocycles. The fourth-order valence-corrected chi connectivity index (χ4v) is 0.873. The summed E-state index contributed by atoms with van der Waals surface area (Å²) in [6.45, 7) is 13.7. The zero-order chi connectivity index (χ0) is 11.5. The topological polar surface area (TPSA) is 36.9 Å². The second-order valence-electron chi connectivity index (χ2n) is 2.31. The van der Waals surface area contributed by atoms with Crippen molar-refractivity contribution in [1.82, 2.24) is 0 Å². The minimum atomic E-state index is -0.565. The summed E-state index contributed by atoms with van der Waals surface area (Å²) in [5.74, 6) is 0. The second kappa shape index (κ2) is 8.74. The Bertz CT molecular complexity index is 171. The molecule has 0 bridgehead atoms. The van der Waals surface area contributed by atoms with Crippen molar-refractivity contribution in [1.29, 1.82) is 0 Å². The van der Waals surface area contributed by atoms with Crippen LogP contribution < -0.4 is 0 Å². The van der Waals surface area contributed by atoms with Gasteiger partial charge in [-0.2, -0.15) is 0 Å². The molecule has 84 valence electrons. The smallest absolute Gasteiger partial charge is 0.246 e. The van der Waals surface area contributed by atoms with Crippen LogP contribution in [0.1, 0.15) is 6.42 Å². The Morgan fingerprint density at radius 3 is 1.13 bits per heavy atom. The molecule has 0 aromatic rings. The van der Waals surface area contributed by atoms with Gasteiger partial charge in [0.25, 0.3) is 0 Å². The molecule has 0 unspecified atom stereocenters. The minimum absolute atomic E-state index is 0.329. The van der Waals surface area contributed by atoms with E-state index in [-0.39, 0.29) is 0 Å². The summed E-state index contributed by atoms with van der Waals surface area (Å²) in [5, 5.41) is 0. The monoisotopic (exact) mass is 212 g/mol. The molecule has 0 amide bonds. The average Bonchev–Trinajstić information content (AvgIpc) is 2.19. The van der Waals surface area contributed by atoms with Gasteiger partial charge in [0.15, 0.2) is 0 Å². The van der Waals surface area contributed by atoms with Crippen LogP contribution in [0.2, 0.25) is 0 Å². The van der Waals surface area contributed by atoms with Crippen molar-refractivity contribution in [2.24, 2.45) is 0 Å². The van der Waals surface area contributed by atoms with E-state index in [0.717, 1.165) is 0 Å². The van der Waals surface area contributed by atoms with Crippen molar-refractivity contribution >= 4 is 0 Å². The van der Waals surface area contributed by atoms with E-state index in [0.29, 0.717) is 6.42 Å². The van der Waals surface area contributed by atoms with Crippen molar-refractivity contribution in [2.75, 3.05) is 0 Å². The van der Waals surface area contributed by atoms with Crippen molar-refractivity contribution in [3.8, 4) is 0 Å². The molecular formula is C11H16O4. The molecule has 4 nitrogen and oxygen atoms in total. The Kier molecular flexibility index (Phi) is 7.67. The van der Waals surface area contributed by atoms with Crippen LogP contribution in [-0.4, -0.2) is 12.6 Å². The van der Waals surface area contributed by atoms with Crippen LogP contribution in [0, 0.1) is 0 Å². The Balaban J connectivity index is 4.15. The molecule has 15 heavy (non-hydrogen) atoms. The van der Waals surface area contributed by atoms with Crippen LogP contribution in [0.15, 0.2) is 51.4 Å². The van der Waals surface area contributed by atoms with Gasteiger partial charge in [-0.25, -0.2) is 0 Å². The lowest BCUT2D eigenvalue weighted by atomic mass is 10.4. The van der Waals surface area contributed by atoms with E-state index in [1.807, 2.05) is 0 Å². The van der Waals surface area contributed by atoms with Crippen molar-refractivity contribution in [2.45, 2.75) is 19.0 Å². The van der Waals surface area contributed by atoms with Gasteiger partial charge in [0, 0.05) is 0 Å². The Morgan fingerprint density at radius 2 is 0.933 bits per heavy atom. The fourth-order valence-electron chi connectivity index (χ4n) is 0.873. The quantitative estimate of drug-likeness (QED) is 0.412. The highest BCUT2D eigenvalue weighted by Crippen LogP contribution is 2.10. The third-order valence-corrected chi connectivity index (χ3v) is 1.38. The van der Waals surface area contributed by atoms with E-state index >= 15 is 0 Å². The van der Waals surface area contributed by atoms with Gasteiger partial charge in [0.2, 0.25) is 12.6 Å². The fraction of sp³-hybridized carbons (Fsp3) is 0.273. The van der Waals surface area contributed by atoms with E-state index in [4.69, 9.17) is 18.9 Å². The van der Waals surface area contributed by atoms with E-state index in [2.05, 4.69) is 26.3 Å². The molecule has 0 saturated heterocycles. The van der Waals surface area contributed by atoms with Crippen LogP contribution in [0.4, 0.5) is 0 Å². The molecule has 0 radical (unpaired) electrons.